The predicted molar refractivity (Wildman–Crippen MR) is 222 cm³/mol. The average Bonchev–Trinajstić information content (AvgIpc) is 3.13. The normalized spacial score (nSPS) is 15.8. The van der Waals surface area contributed by atoms with Gasteiger partial charge in [0.1, 0.15) is 42.3 Å². The number of carboxylic acid groups (broad SMARTS) is 1. The summed E-state index contributed by atoms with van der Waals surface area (Å²) in [5.74, 6) is -7.17. The molecule has 0 saturated carbocycles. The van der Waals surface area contributed by atoms with Gasteiger partial charge < -0.3 is 64.2 Å². The van der Waals surface area contributed by atoms with Gasteiger partial charge in [0.2, 0.25) is 41.4 Å². The average molecular weight is 864 g/mol. The van der Waals surface area contributed by atoms with E-state index in [1.54, 1.807) is 27.7 Å². The van der Waals surface area contributed by atoms with E-state index in [0.717, 1.165) is 0 Å². The van der Waals surface area contributed by atoms with Gasteiger partial charge in [-0.25, -0.2) is 4.79 Å². The molecule has 7 amide bonds. The molecule has 0 radical (unpaired) electrons. The SMILES string of the molecule is CSCC[C@H](NC(=O)[C@@H](N)C(C)C)C(=O)N[C@@H](C)C(=O)N[C@@H](C)C(=O)N[C@@H](CCCNC(=N)N)C(=O)N[C@H](C(=O)N[C@@H](CC(C)C)C(=O)N[C@@H](CS)C(=O)O)[C@@H](C)O. The molecule has 0 aromatic rings. The lowest BCUT2D eigenvalue weighted by molar-refractivity contribution is -0.142. The van der Waals surface area contributed by atoms with Crippen molar-refractivity contribution in [2.75, 3.05) is 24.3 Å². The van der Waals surface area contributed by atoms with E-state index in [0.29, 0.717) is 5.75 Å². The Bertz CT molecular complexity index is 1420. The molecule has 58 heavy (non-hydrogen) atoms. The number of carbonyl (C=O) groups is 8. The number of thiol groups is 1. The Hall–Kier alpha value is -4.35. The van der Waals surface area contributed by atoms with Gasteiger partial charge >= 0.3 is 5.97 Å². The molecule has 0 rings (SSSR count). The Balaban J connectivity index is 5.97. The van der Waals surface area contributed by atoms with Crippen LogP contribution < -0.4 is 54.0 Å². The number of amides is 7. The summed E-state index contributed by atoms with van der Waals surface area (Å²) in [5.41, 5.74) is 11.3. The van der Waals surface area contributed by atoms with Crippen LogP contribution in [0.1, 0.15) is 74.1 Å². The number of nitrogens with one attached hydrogen (secondary N) is 9. The maximum atomic E-state index is 13.6. The van der Waals surface area contributed by atoms with Gasteiger partial charge in [0, 0.05) is 12.3 Å². The number of carboxylic acids is 1. The van der Waals surface area contributed by atoms with Gasteiger partial charge in [-0.1, -0.05) is 27.7 Å². The Kier molecular flexibility index (Phi) is 25.3. The maximum Gasteiger partial charge on any atom is 0.327 e. The van der Waals surface area contributed by atoms with Crippen LogP contribution in [0.2, 0.25) is 0 Å². The van der Waals surface area contributed by atoms with E-state index in [4.69, 9.17) is 16.9 Å². The molecule has 0 bridgehead atoms. The number of aliphatic carboxylic acids is 1. The number of carbonyl (C=O) groups excluding carboxylic acids is 7. The van der Waals surface area contributed by atoms with Crippen LogP contribution in [0.15, 0.2) is 0 Å². The highest BCUT2D eigenvalue weighted by Gasteiger charge is 2.34. The molecule has 0 unspecified atom stereocenters. The fraction of sp³-hybridized carbons (Fsp3) is 0.743. The molecule has 0 aliphatic carbocycles. The zero-order valence-corrected chi connectivity index (χ0v) is 36.2. The van der Waals surface area contributed by atoms with Crippen LogP contribution in [0.25, 0.3) is 0 Å². The second kappa shape index (κ2) is 27.4. The smallest absolute Gasteiger partial charge is 0.327 e. The van der Waals surface area contributed by atoms with Crippen LogP contribution >= 0.6 is 24.4 Å². The second-order valence-corrected chi connectivity index (χ2v) is 16.0. The first-order valence-electron chi connectivity index (χ1n) is 18.9. The fourth-order valence-electron chi connectivity index (χ4n) is 5.03. The molecule has 23 heteroatoms. The monoisotopic (exact) mass is 863 g/mol. The van der Waals surface area contributed by atoms with Crippen molar-refractivity contribution in [1.82, 2.24) is 42.5 Å². The quantitative estimate of drug-likeness (QED) is 0.0168. The van der Waals surface area contributed by atoms with Crippen molar-refractivity contribution in [2.45, 2.75) is 129 Å². The summed E-state index contributed by atoms with van der Waals surface area (Å²) >= 11 is 5.39. The van der Waals surface area contributed by atoms with Gasteiger partial charge in [-0.15, -0.1) is 0 Å². The molecule has 0 aromatic carbocycles. The van der Waals surface area contributed by atoms with E-state index < -0.39 is 102 Å². The summed E-state index contributed by atoms with van der Waals surface area (Å²) in [5, 5.41) is 47.1. The lowest BCUT2D eigenvalue weighted by atomic mass is 10.0. The van der Waals surface area contributed by atoms with Crippen LogP contribution in [-0.4, -0.2) is 142 Å². The highest BCUT2D eigenvalue weighted by Crippen LogP contribution is 2.09. The highest BCUT2D eigenvalue weighted by atomic mass is 32.2. The predicted octanol–water partition coefficient (Wildman–Crippen LogP) is -3.14. The summed E-state index contributed by atoms with van der Waals surface area (Å²) in [6.45, 7) is 11.1. The van der Waals surface area contributed by atoms with Gasteiger partial charge in [-0.3, -0.25) is 39.0 Å². The summed E-state index contributed by atoms with van der Waals surface area (Å²) in [6, 6.07) is -9.84. The first-order valence-corrected chi connectivity index (χ1v) is 21.0. The van der Waals surface area contributed by atoms with Gasteiger partial charge in [-0.2, -0.15) is 24.4 Å². The lowest BCUT2D eigenvalue weighted by Gasteiger charge is -2.28. The summed E-state index contributed by atoms with van der Waals surface area (Å²) < 4.78 is 0. The topological polar surface area (TPSA) is 349 Å². The van der Waals surface area contributed by atoms with Crippen molar-refractivity contribution in [2.24, 2.45) is 23.3 Å². The molecule has 332 valence electrons. The second-order valence-electron chi connectivity index (χ2n) is 14.6. The molecule has 0 aliphatic heterocycles. The van der Waals surface area contributed by atoms with Crippen LogP contribution in [0, 0.1) is 17.2 Å². The van der Waals surface area contributed by atoms with E-state index in [2.05, 4.69) is 55.2 Å². The van der Waals surface area contributed by atoms with Crippen molar-refractivity contribution in [1.29, 1.82) is 5.41 Å². The minimum absolute atomic E-state index is 0.0680. The third-order valence-electron chi connectivity index (χ3n) is 8.59. The molecule has 0 saturated heterocycles. The molecule has 21 nitrogen and oxygen atoms in total. The first-order chi connectivity index (χ1) is 27.0. The van der Waals surface area contributed by atoms with Crippen molar-refractivity contribution < 1.29 is 48.6 Å². The van der Waals surface area contributed by atoms with Crippen molar-refractivity contribution in [3.8, 4) is 0 Å². The highest BCUT2D eigenvalue weighted by molar-refractivity contribution is 7.98. The third-order valence-corrected chi connectivity index (χ3v) is 9.60. The Morgan fingerprint density at radius 2 is 1.14 bits per heavy atom. The van der Waals surface area contributed by atoms with E-state index in [1.807, 2.05) is 6.26 Å². The molecular formula is C35H65N11O10S2. The van der Waals surface area contributed by atoms with Gasteiger partial charge in [-0.05, 0) is 70.3 Å². The Labute approximate surface area is 349 Å². The van der Waals surface area contributed by atoms with Crippen molar-refractivity contribution in [3.63, 3.8) is 0 Å². The summed E-state index contributed by atoms with van der Waals surface area (Å²) in [6.07, 6.45) is 0.765. The van der Waals surface area contributed by atoms with Crippen LogP contribution in [-0.2, 0) is 38.4 Å². The summed E-state index contributed by atoms with van der Waals surface area (Å²) in [4.78, 5) is 104. The summed E-state index contributed by atoms with van der Waals surface area (Å²) in [7, 11) is 0. The molecule has 9 atom stereocenters. The van der Waals surface area contributed by atoms with Crippen LogP contribution in [0.4, 0.5) is 0 Å². The molecule has 0 heterocycles. The third kappa shape index (κ3) is 20.4. The van der Waals surface area contributed by atoms with Crippen LogP contribution in [0.3, 0.4) is 0 Å². The van der Waals surface area contributed by atoms with Crippen molar-refractivity contribution >= 4 is 77.7 Å². The van der Waals surface area contributed by atoms with E-state index >= 15 is 0 Å². The molecule has 0 fully saturated rings. The molecule has 0 aromatic heterocycles. The minimum atomic E-state index is -1.64. The number of aliphatic hydroxyl groups is 1. The minimum Gasteiger partial charge on any atom is -0.480 e. The number of guanidine groups is 1. The van der Waals surface area contributed by atoms with E-state index in [-0.39, 0.29) is 55.8 Å². The molecule has 0 spiro atoms. The maximum absolute atomic E-state index is 13.6. The zero-order chi connectivity index (χ0) is 44.9. The Morgan fingerprint density at radius 1 is 0.672 bits per heavy atom. The largest absolute Gasteiger partial charge is 0.480 e. The molecular weight excluding hydrogens is 799 g/mol. The lowest BCUT2D eigenvalue weighted by Crippen LogP contribution is -2.61. The first kappa shape index (κ1) is 53.6. The number of hydrogen-bond acceptors (Lipinski definition) is 13. The van der Waals surface area contributed by atoms with Crippen molar-refractivity contribution in [3.05, 3.63) is 0 Å². The van der Waals surface area contributed by atoms with Gasteiger partial charge in [0.25, 0.3) is 0 Å². The number of aliphatic hydroxyl groups excluding tert-OH is 1. The number of nitrogens with two attached hydrogens (primary N) is 2. The zero-order valence-electron chi connectivity index (χ0n) is 34.5. The van der Waals surface area contributed by atoms with E-state index in [1.165, 1.54) is 32.5 Å². The van der Waals surface area contributed by atoms with Crippen LogP contribution in [0.5, 0.6) is 0 Å². The van der Waals surface area contributed by atoms with Gasteiger partial charge in [0.15, 0.2) is 5.96 Å². The Morgan fingerprint density at radius 3 is 1.62 bits per heavy atom. The number of thioether (sulfide) groups is 1. The number of hydrogen-bond donors (Lipinski definition) is 14. The molecule has 0 aliphatic rings. The fourth-order valence-corrected chi connectivity index (χ4v) is 5.75. The van der Waals surface area contributed by atoms with E-state index in [9.17, 15) is 48.6 Å². The molecule has 15 N–H and O–H groups in total. The standard InChI is InChI=1S/C35H65N11O10S2/c1-16(2)14-23(31(52)45-24(15-57)34(55)56)44-33(54)26(20(7)47)46-30(51)21(10-9-12-39-35(37)38)42-28(49)19(6)40-27(48)18(5)41-29(50)22(11-13-58-8)43-32(53)25(36)17(3)4/h16-26,47,57H,9-15,36H2,1-8H3,(H,40,48)(H,41,50)(H,42,49)(H,43,53)(H,44,54)(H,45,52)(H,46,51)(H,55,56)(H4,37,38,39)/t18-,19-,20+,21-,22-,23-,24-,25-,26-/m0/s1. The number of rotatable bonds is 27. The van der Waals surface area contributed by atoms with Gasteiger partial charge in [0.05, 0.1) is 12.1 Å².